The second-order valence-electron chi connectivity index (χ2n) is 3.31. The Morgan fingerprint density at radius 1 is 1.12 bits per heavy atom. The van der Waals surface area contributed by atoms with Gasteiger partial charge in [0.05, 0.1) is 12.4 Å². The van der Waals surface area contributed by atoms with Crippen LogP contribution in [-0.2, 0) is 0 Å². The first-order valence-corrected chi connectivity index (χ1v) is 5.89. The average molecular weight is 311 g/mol. The number of hydrogen-bond donors (Lipinski definition) is 0. The van der Waals surface area contributed by atoms with E-state index in [0.29, 0.717) is 22.3 Å². The molecule has 0 saturated heterocycles. The Kier molecular flexibility index (Phi) is 2.53. The van der Waals surface area contributed by atoms with Crippen LogP contribution in [0.4, 0.5) is 0 Å². The SMILES string of the molecule is Clc1cncc2nnc(-c3ccc(Br)cn3)n12. The predicted molar refractivity (Wildman–Crippen MR) is 66.7 cm³/mol. The number of rotatable bonds is 1. The first kappa shape index (κ1) is 10.6. The zero-order chi connectivity index (χ0) is 11.8. The Morgan fingerprint density at radius 2 is 2.00 bits per heavy atom. The molecule has 0 aromatic carbocycles. The fourth-order valence-corrected chi connectivity index (χ4v) is 1.95. The van der Waals surface area contributed by atoms with E-state index in [0.717, 1.165) is 4.47 Å². The van der Waals surface area contributed by atoms with E-state index in [1.54, 1.807) is 23.0 Å². The molecule has 0 unspecified atom stereocenters. The quantitative estimate of drug-likeness (QED) is 0.693. The Hall–Kier alpha value is -1.53. The molecule has 0 spiro atoms. The van der Waals surface area contributed by atoms with Gasteiger partial charge in [-0.3, -0.25) is 14.4 Å². The van der Waals surface area contributed by atoms with Gasteiger partial charge in [-0.25, -0.2) is 0 Å². The van der Waals surface area contributed by atoms with Crippen molar-refractivity contribution >= 4 is 33.2 Å². The number of nitrogens with zero attached hydrogens (tertiary/aromatic N) is 5. The lowest BCUT2D eigenvalue weighted by Crippen LogP contribution is -1.93. The van der Waals surface area contributed by atoms with Gasteiger partial charge in [0.25, 0.3) is 0 Å². The van der Waals surface area contributed by atoms with Crippen LogP contribution < -0.4 is 0 Å². The summed E-state index contributed by atoms with van der Waals surface area (Å²) in [6.07, 6.45) is 4.84. The summed E-state index contributed by atoms with van der Waals surface area (Å²) >= 11 is 9.40. The standard InChI is InChI=1S/C10H5BrClN5/c11-6-1-2-7(14-3-6)10-16-15-9-5-13-4-8(12)17(9)10/h1-5H. The molecule has 0 N–H and O–H groups in total. The molecule has 3 aromatic heterocycles. The highest BCUT2D eigenvalue weighted by Crippen LogP contribution is 2.20. The molecule has 84 valence electrons. The summed E-state index contributed by atoms with van der Waals surface area (Å²) in [5.41, 5.74) is 1.30. The summed E-state index contributed by atoms with van der Waals surface area (Å²) in [5.74, 6) is 0.597. The fourth-order valence-electron chi connectivity index (χ4n) is 1.49. The third kappa shape index (κ3) is 1.79. The highest BCUT2D eigenvalue weighted by atomic mass is 79.9. The van der Waals surface area contributed by atoms with E-state index in [1.807, 2.05) is 12.1 Å². The van der Waals surface area contributed by atoms with Gasteiger partial charge in [0.1, 0.15) is 10.8 Å². The molecular weight excluding hydrogens is 306 g/mol. The van der Waals surface area contributed by atoms with Gasteiger partial charge in [0.15, 0.2) is 11.5 Å². The molecule has 0 saturated carbocycles. The first-order valence-electron chi connectivity index (χ1n) is 4.72. The summed E-state index contributed by atoms with van der Waals surface area (Å²) in [4.78, 5) is 8.21. The Bertz CT molecular complexity index is 679. The molecule has 7 heteroatoms. The average Bonchev–Trinajstić information content (AvgIpc) is 2.75. The van der Waals surface area contributed by atoms with Gasteiger partial charge < -0.3 is 0 Å². The molecule has 3 aromatic rings. The largest absolute Gasteiger partial charge is 0.261 e. The highest BCUT2D eigenvalue weighted by Gasteiger charge is 2.11. The maximum absolute atomic E-state index is 6.07. The zero-order valence-electron chi connectivity index (χ0n) is 8.38. The topological polar surface area (TPSA) is 56.0 Å². The van der Waals surface area contributed by atoms with Crippen molar-refractivity contribution in [1.29, 1.82) is 0 Å². The molecule has 0 bridgehead atoms. The molecule has 0 aliphatic carbocycles. The molecule has 0 atom stereocenters. The molecule has 3 heterocycles. The van der Waals surface area contributed by atoms with Crippen molar-refractivity contribution in [2.45, 2.75) is 0 Å². The third-order valence-corrected chi connectivity index (χ3v) is 2.96. The van der Waals surface area contributed by atoms with Crippen LogP contribution in [0.3, 0.4) is 0 Å². The Balaban J connectivity index is 2.27. The van der Waals surface area contributed by atoms with Crippen molar-refractivity contribution in [3.05, 3.63) is 40.3 Å². The smallest absolute Gasteiger partial charge is 0.188 e. The molecule has 5 nitrogen and oxygen atoms in total. The van der Waals surface area contributed by atoms with Crippen molar-refractivity contribution in [2.24, 2.45) is 0 Å². The van der Waals surface area contributed by atoms with Gasteiger partial charge in [-0.1, -0.05) is 11.6 Å². The van der Waals surface area contributed by atoms with Crippen molar-refractivity contribution in [3.63, 3.8) is 0 Å². The summed E-state index contributed by atoms with van der Waals surface area (Å²) in [6.45, 7) is 0. The molecule has 3 rings (SSSR count). The van der Waals surface area contributed by atoms with Gasteiger partial charge >= 0.3 is 0 Å². The molecule has 17 heavy (non-hydrogen) atoms. The van der Waals surface area contributed by atoms with E-state index in [2.05, 4.69) is 36.1 Å². The lowest BCUT2D eigenvalue weighted by atomic mass is 10.3. The van der Waals surface area contributed by atoms with Crippen molar-refractivity contribution in [1.82, 2.24) is 24.6 Å². The van der Waals surface area contributed by atoms with E-state index in [-0.39, 0.29) is 0 Å². The normalized spacial score (nSPS) is 10.9. The minimum Gasteiger partial charge on any atom is -0.261 e. The van der Waals surface area contributed by atoms with Crippen molar-refractivity contribution in [3.8, 4) is 11.5 Å². The number of halogens is 2. The van der Waals surface area contributed by atoms with Crippen LogP contribution in [0.5, 0.6) is 0 Å². The maximum atomic E-state index is 6.07. The van der Waals surface area contributed by atoms with Crippen LogP contribution in [0.25, 0.3) is 17.2 Å². The van der Waals surface area contributed by atoms with Crippen LogP contribution in [-0.4, -0.2) is 24.6 Å². The summed E-state index contributed by atoms with van der Waals surface area (Å²) in [6, 6.07) is 3.73. The van der Waals surface area contributed by atoms with Crippen molar-refractivity contribution in [2.75, 3.05) is 0 Å². The van der Waals surface area contributed by atoms with E-state index < -0.39 is 0 Å². The van der Waals surface area contributed by atoms with Gasteiger partial charge in [-0.15, -0.1) is 10.2 Å². The summed E-state index contributed by atoms with van der Waals surface area (Å²) in [7, 11) is 0. The highest BCUT2D eigenvalue weighted by molar-refractivity contribution is 9.10. The Labute approximate surface area is 110 Å². The lowest BCUT2D eigenvalue weighted by molar-refractivity contribution is 1.08. The second kappa shape index (κ2) is 4.05. The molecule has 0 aliphatic heterocycles. The molecule has 0 radical (unpaired) electrons. The second-order valence-corrected chi connectivity index (χ2v) is 4.61. The number of hydrogen-bond acceptors (Lipinski definition) is 4. The third-order valence-electron chi connectivity index (χ3n) is 2.23. The first-order chi connectivity index (χ1) is 8.25. The monoisotopic (exact) mass is 309 g/mol. The molecular formula is C10H5BrClN5. The fraction of sp³-hybridized carbons (Fsp3) is 0. The van der Waals surface area contributed by atoms with E-state index >= 15 is 0 Å². The van der Waals surface area contributed by atoms with Gasteiger partial charge in [-0.2, -0.15) is 0 Å². The van der Waals surface area contributed by atoms with Crippen LogP contribution >= 0.6 is 27.5 Å². The molecule has 0 aliphatic rings. The van der Waals surface area contributed by atoms with Gasteiger partial charge in [0.2, 0.25) is 0 Å². The van der Waals surface area contributed by atoms with Crippen LogP contribution in [0.2, 0.25) is 5.15 Å². The van der Waals surface area contributed by atoms with Crippen LogP contribution in [0.1, 0.15) is 0 Å². The van der Waals surface area contributed by atoms with Crippen molar-refractivity contribution < 1.29 is 0 Å². The lowest BCUT2D eigenvalue weighted by Gasteiger charge is -2.00. The summed E-state index contributed by atoms with van der Waals surface area (Å²) < 4.78 is 2.60. The van der Waals surface area contributed by atoms with E-state index in [4.69, 9.17) is 11.6 Å². The van der Waals surface area contributed by atoms with E-state index in [9.17, 15) is 0 Å². The maximum Gasteiger partial charge on any atom is 0.188 e. The summed E-state index contributed by atoms with van der Waals surface area (Å²) in [5, 5.41) is 8.51. The van der Waals surface area contributed by atoms with Crippen LogP contribution in [0.15, 0.2) is 35.2 Å². The van der Waals surface area contributed by atoms with Gasteiger partial charge in [0, 0.05) is 10.7 Å². The van der Waals surface area contributed by atoms with Gasteiger partial charge in [-0.05, 0) is 28.1 Å². The molecule has 0 amide bonds. The van der Waals surface area contributed by atoms with E-state index in [1.165, 1.54) is 0 Å². The minimum absolute atomic E-state index is 0.451. The number of pyridine rings is 1. The minimum atomic E-state index is 0.451. The number of fused-ring (bicyclic) bond motifs is 1. The van der Waals surface area contributed by atoms with Crippen LogP contribution in [0, 0.1) is 0 Å². The Morgan fingerprint density at radius 3 is 2.76 bits per heavy atom. The number of aromatic nitrogens is 5. The zero-order valence-corrected chi connectivity index (χ0v) is 10.7. The molecule has 0 fully saturated rings. The predicted octanol–water partition coefficient (Wildman–Crippen LogP) is 2.60.